The standard InChI is InChI=1S/C19H11Cl3N2O3/c20-13-7-12(10-24-15-5-1-4-14(21)17(15)22)18(25)16(8-13)27-19(26)11-3-2-6-23-9-11/h1-10,25H. The molecule has 0 bridgehead atoms. The number of carbonyl (C=O) groups is 1. The normalized spacial score (nSPS) is 10.9. The van der Waals surface area contributed by atoms with E-state index in [1.165, 1.54) is 30.7 Å². The monoisotopic (exact) mass is 420 g/mol. The number of halogens is 3. The number of carbonyl (C=O) groups excluding carboxylic acids is 1. The van der Waals surface area contributed by atoms with Gasteiger partial charge in [0.15, 0.2) is 11.5 Å². The summed E-state index contributed by atoms with van der Waals surface area (Å²) in [6.45, 7) is 0. The first-order chi connectivity index (χ1) is 13.0. The molecule has 0 amide bonds. The second-order valence-electron chi connectivity index (χ2n) is 5.30. The number of phenolic OH excluding ortho intramolecular Hbond substituents is 1. The fourth-order valence-electron chi connectivity index (χ4n) is 2.14. The van der Waals surface area contributed by atoms with Crippen LogP contribution in [0.25, 0.3) is 0 Å². The van der Waals surface area contributed by atoms with Crippen LogP contribution in [0.3, 0.4) is 0 Å². The number of aliphatic imine (C=N–C) groups is 1. The van der Waals surface area contributed by atoms with Crippen LogP contribution in [-0.4, -0.2) is 22.3 Å². The third-order valence-corrected chi connectivity index (χ3v) is 4.47. The summed E-state index contributed by atoms with van der Waals surface area (Å²) in [5, 5.41) is 11.3. The molecule has 2 aromatic carbocycles. The van der Waals surface area contributed by atoms with E-state index in [-0.39, 0.29) is 32.7 Å². The lowest BCUT2D eigenvalue weighted by Gasteiger charge is -2.09. The molecule has 0 aliphatic carbocycles. The molecule has 0 aliphatic heterocycles. The van der Waals surface area contributed by atoms with E-state index < -0.39 is 5.97 Å². The van der Waals surface area contributed by atoms with E-state index in [0.717, 1.165) is 0 Å². The number of nitrogens with zero attached hydrogens (tertiary/aromatic N) is 2. The van der Waals surface area contributed by atoms with Gasteiger partial charge in [-0.2, -0.15) is 0 Å². The maximum Gasteiger partial charge on any atom is 0.345 e. The fraction of sp³-hybridized carbons (Fsp3) is 0. The van der Waals surface area contributed by atoms with Crippen LogP contribution in [0.2, 0.25) is 15.1 Å². The quantitative estimate of drug-likeness (QED) is 0.332. The minimum absolute atomic E-state index is 0.102. The average molecular weight is 422 g/mol. The van der Waals surface area contributed by atoms with Crippen LogP contribution < -0.4 is 4.74 Å². The van der Waals surface area contributed by atoms with Crippen molar-refractivity contribution < 1.29 is 14.6 Å². The Labute approximate surface area is 169 Å². The van der Waals surface area contributed by atoms with Gasteiger partial charge >= 0.3 is 5.97 Å². The van der Waals surface area contributed by atoms with Crippen LogP contribution in [0.5, 0.6) is 11.5 Å². The summed E-state index contributed by atoms with van der Waals surface area (Å²) < 4.78 is 5.23. The molecule has 0 unspecified atom stereocenters. The van der Waals surface area contributed by atoms with Gasteiger partial charge in [0.1, 0.15) is 0 Å². The van der Waals surface area contributed by atoms with Gasteiger partial charge in [-0.1, -0.05) is 40.9 Å². The zero-order valence-corrected chi connectivity index (χ0v) is 15.8. The third kappa shape index (κ3) is 4.57. The van der Waals surface area contributed by atoms with Gasteiger partial charge in [0.05, 0.1) is 21.3 Å². The van der Waals surface area contributed by atoms with Crippen molar-refractivity contribution in [1.29, 1.82) is 0 Å². The number of benzene rings is 2. The lowest BCUT2D eigenvalue weighted by Crippen LogP contribution is -2.09. The van der Waals surface area contributed by atoms with Gasteiger partial charge < -0.3 is 9.84 Å². The molecule has 8 heteroatoms. The third-order valence-electron chi connectivity index (χ3n) is 3.44. The van der Waals surface area contributed by atoms with Crippen molar-refractivity contribution in [3.63, 3.8) is 0 Å². The number of ether oxygens (including phenoxy) is 1. The Morgan fingerprint density at radius 2 is 1.96 bits per heavy atom. The van der Waals surface area contributed by atoms with Crippen LogP contribution in [0.15, 0.2) is 59.9 Å². The largest absolute Gasteiger partial charge is 0.504 e. The molecule has 0 fully saturated rings. The molecule has 0 atom stereocenters. The zero-order chi connectivity index (χ0) is 19.4. The van der Waals surface area contributed by atoms with Crippen molar-refractivity contribution in [2.24, 2.45) is 4.99 Å². The van der Waals surface area contributed by atoms with Crippen molar-refractivity contribution in [3.8, 4) is 11.5 Å². The molecule has 27 heavy (non-hydrogen) atoms. The highest BCUT2D eigenvalue weighted by molar-refractivity contribution is 6.43. The summed E-state index contributed by atoms with van der Waals surface area (Å²) in [4.78, 5) is 20.2. The highest BCUT2D eigenvalue weighted by atomic mass is 35.5. The second kappa shape index (κ2) is 8.39. The van der Waals surface area contributed by atoms with Gasteiger partial charge in [-0.05, 0) is 30.3 Å². The van der Waals surface area contributed by atoms with E-state index in [4.69, 9.17) is 39.5 Å². The molecule has 3 aromatic rings. The second-order valence-corrected chi connectivity index (χ2v) is 6.53. The van der Waals surface area contributed by atoms with Crippen molar-refractivity contribution in [1.82, 2.24) is 4.98 Å². The first kappa shape index (κ1) is 19.2. The Kier molecular flexibility index (Phi) is 5.96. The summed E-state index contributed by atoms with van der Waals surface area (Å²) in [6.07, 6.45) is 4.23. The Balaban J connectivity index is 1.90. The minimum Gasteiger partial charge on any atom is -0.504 e. The van der Waals surface area contributed by atoms with E-state index in [0.29, 0.717) is 10.7 Å². The summed E-state index contributed by atoms with van der Waals surface area (Å²) in [7, 11) is 0. The molecule has 5 nitrogen and oxygen atoms in total. The fourth-order valence-corrected chi connectivity index (χ4v) is 2.71. The van der Waals surface area contributed by atoms with Gasteiger partial charge in [0.25, 0.3) is 0 Å². The van der Waals surface area contributed by atoms with Crippen LogP contribution in [0.4, 0.5) is 5.69 Å². The maximum absolute atomic E-state index is 12.2. The molecular formula is C19H11Cl3N2O3. The average Bonchev–Trinajstić information content (AvgIpc) is 2.66. The van der Waals surface area contributed by atoms with Crippen LogP contribution in [0, 0.1) is 0 Å². The van der Waals surface area contributed by atoms with E-state index >= 15 is 0 Å². The minimum atomic E-state index is -0.679. The van der Waals surface area contributed by atoms with Gasteiger partial charge in [0.2, 0.25) is 0 Å². The van der Waals surface area contributed by atoms with Crippen molar-refractivity contribution in [2.45, 2.75) is 0 Å². The Morgan fingerprint density at radius 3 is 2.70 bits per heavy atom. The topological polar surface area (TPSA) is 71.8 Å². The molecule has 1 heterocycles. The van der Waals surface area contributed by atoms with Crippen LogP contribution in [0.1, 0.15) is 15.9 Å². The molecule has 0 spiro atoms. The first-order valence-electron chi connectivity index (χ1n) is 7.58. The number of rotatable bonds is 4. The number of phenols is 1. The highest BCUT2D eigenvalue weighted by Gasteiger charge is 2.15. The molecule has 3 rings (SSSR count). The molecule has 136 valence electrons. The van der Waals surface area contributed by atoms with Crippen molar-refractivity contribution in [2.75, 3.05) is 0 Å². The molecule has 0 aliphatic rings. The predicted molar refractivity (Wildman–Crippen MR) is 106 cm³/mol. The van der Waals surface area contributed by atoms with Gasteiger partial charge in [0, 0.05) is 35.3 Å². The number of pyridine rings is 1. The number of aromatic hydroxyl groups is 1. The van der Waals surface area contributed by atoms with E-state index in [9.17, 15) is 9.90 Å². The van der Waals surface area contributed by atoms with Crippen molar-refractivity contribution in [3.05, 3.63) is 81.1 Å². The Hall–Kier alpha value is -2.60. The number of esters is 1. The summed E-state index contributed by atoms with van der Waals surface area (Å²) in [5.41, 5.74) is 0.891. The molecule has 1 N–H and O–H groups in total. The lowest BCUT2D eigenvalue weighted by atomic mass is 10.2. The van der Waals surface area contributed by atoms with E-state index in [2.05, 4.69) is 9.98 Å². The number of hydrogen-bond donors (Lipinski definition) is 1. The molecule has 1 aromatic heterocycles. The molecular weight excluding hydrogens is 411 g/mol. The molecule has 0 radical (unpaired) electrons. The number of aromatic nitrogens is 1. The first-order valence-corrected chi connectivity index (χ1v) is 8.72. The van der Waals surface area contributed by atoms with Crippen molar-refractivity contribution >= 4 is 52.7 Å². The lowest BCUT2D eigenvalue weighted by molar-refractivity contribution is 0.0729. The van der Waals surface area contributed by atoms with E-state index in [1.807, 2.05) is 0 Å². The zero-order valence-electron chi connectivity index (χ0n) is 13.6. The summed E-state index contributed by atoms with van der Waals surface area (Å²) >= 11 is 18.1. The van der Waals surface area contributed by atoms with Gasteiger partial charge in [-0.25, -0.2) is 4.79 Å². The van der Waals surface area contributed by atoms with Gasteiger partial charge in [-0.3, -0.25) is 9.98 Å². The maximum atomic E-state index is 12.2. The predicted octanol–water partition coefficient (Wildman–Crippen LogP) is 5.72. The Morgan fingerprint density at radius 1 is 1.15 bits per heavy atom. The van der Waals surface area contributed by atoms with E-state index in [1.54, 1.807) is 30.3 Å². The van der Waals surface area contributed by atoms with Crippen LogP contribution in [-0.2, 0) is 0 Å². The van der Waals surface area contributed by atoms with Gasteiger partial charge in [-0.15, -0.1) is 0 Å². The SMILES string of the molecule is O=C(Oc1cc(Cl)cc(C=Nc2cccc(Cl)c2Cl)c1O)c1cccnc1. The molecule has 0 saturated heterocycles. The smallest absolute Gasteiger partial charge is 0.345 e. The van der Waals surface area contributed by atoms with Crippen LogP contribution >= 0.6 is 34.8 Å². The Bertz CT molecular complexity index is 1020. The summed E-state index contributed by atoms with van der Waals surface area (Å²) in [6, 6.07) is 10.9. The highest BCUT2D eigenvalue weighted by Crippen LogP contribution is 2.35. The number of hydrogen-bond acceptors (Lipinski definition) is 5. The summed E-state index contributed by atoms with van der Waals surface area (Å²) in [5.74, 6) is -1.07. The molecule has 0 saturated carbocycles.